The maximum atomic E-state index is 13.7. The van der Waals surface area contributed by atoms with Gasteiger partial charge in [0.2, 0.25) is 5.91 Å². The van der Waals surface area contributed by atoms with Crippen molar-refractivity contribution in [3.8, 4) is 0 Å². The number of carbonyl (C=O) groups excluding carboxylic acids is 1. The average Bonchev–Trinajstić information content (AvgIpc) is 3.12. The Balaban J connectivity index is 1.64. The van der Waals surface area contributed by atoms with Crippen LogP contribution >= 0.6 is 0 Å². The molecule has 1 unspecified atom stereocenters. The van der Waals surface area contributed by atoms with Gasteiger partial charge >= 0.3 is 0 Å². The second-order valence-corrected chi connectivity index (χ2v) is 6.52. The maximum Gasteiger partial charge on any atom is 0.249 e. The Hall–Kier alpha value is -1.54. The predicted molar refractivity (Wildman–Crippen MR) is 91.5 cm³/mol. The van der Waals surface area contributed by atoms with Crippen molar-refractivity contribution < 1.29 is 18.7 Å². The van der Waals surface area contributed by atoms with Gasteiger partial charge in [-0.15, -0.1) is 0 Å². The van der Waals surface area contributed by atoms with Gasteiger partial charge in [-0.25, -0.2) is 4.39 Å². The van der Waals surface area contributed by atoms with E-state index in [-0.39, 0.29) is 23.9 Å². The highest BCUT2D eigenvalue weighted by molar-refractivity contribution is 5.81. The van der Waals surface area contributed by atoms with Crippen molar-refractivity contribution in [3.05, 3.63) is 35.6 Å². The number of halogens is 1. The minimum absolute atomic E-state index is 0.0333. The third-order valence-corrected chi connectivity index (χ3v) is 4.85. The molecule has 2 heterocycles. The Morgan fingerprint density at radius 3 is 2.84 bits per heavy atom. The summed E-state index contributed by atoms with van der Waals surface area (Å²) >= 11 is 0. The number of morpholine rings is 1. The third-order valence-electron chi connectivity index (χ3n) is 4.85. The highest BCUT2D eigenvalue weighted by Gasteiger charge is 2.31. The SMILES string of the molecule is NC[C@H]1CC[C@@H](C(=O)NCC(c2cccc(F)c2)N2CCOCC2)O1. The number of nitrogens with one attached hydrogen (secondary N) is 1. The fourth-order valence-electron chi connectivity index (χ4n) is 3.44. The van der Waals surface area contributed by atoms with Crippen molar-refractivity contribution in [3.63, 3.8) is 0 Å². The van der Waals surface area contributed by atoms with Gasteiger partial charge < -0.3 is 20.5 Å². The van der Waals surface area contributed by atoms with Gasteiger partial charge in [0.05, 0.1) is 25.4 Å². The number of nitrogens with zero attached hydrogens (tertiary/aromatic N) is 1. The molecule has 3 N–H and O–H groups in total. The molecule has 7 heteroatoms. The molecule has 0 radical (unpaired) electrons. The Kier molecular flexibility index (Phi) is 6.36. The number of ether oxygens (including phenoxy) is 2. The molecule has 0 saturated carbocycles. The quantitative estimate of drug-likeness (QED) is 0.794. The summed E-state index contributed by atoms with van der Waals surface area (Å²) in [5.41, 5.74) is 6.45. The van der Waals surface area contributed by atoms with Crippen LogP contribution in [0.4, 0.5) is 4.39 Å². The molecule has 0 aliphatic carbocycles. The lowest BCUT2D eigenvalue weighted by Gasteiger charge is -2.35. The molecular weight excluding hydrogens is 325 g/mol. The number of hydrogen-bond donors (Lipinski definition) is 2. The van der Waals surface area contributed by atoms with Crippen molar-refractivity contribution in [1.82, 2.24) is 10.2 Å². The van der Waals surface area contributed by atoms with Gasteiger partial charge in [-0.3, -0.25) is 9.69 Å². The van der Waals surface area contributed by atoms with E-state index in [9.17, 15) is 9.18 Å². The van der Waals surface area contributed by atoms with E-state index in [0.29, 0.717) is 32.7 Å². The minimum atomic E-state index is -0.439. The van der Waals surface area contributed by atoms with Crippen LogP contribution in [0.5, 0.6) is 0 Å². The molecule has 138 valence electrons. The summed E-state index contributed by atoms with van der Waals surface area (Å²) in [6, 6.07) is 6.47. The monoisotopic (exact) mass is 351 g/mol. The molecular formula is C18H26FN3O3. The van der Waals surface area contributed by atoms with Crippen LogP contribution in [0.15, 0.2) is 24.3 Å². The summed E-state index contributed by atoms with van der Waals surface area (Å²) in [5, 5.41) is 2.97. The van der Waals surface area contributed by atoms with E-state index in [1.165, 1.54) is 12.1 Å². The molecule has 2 aliphatic rings. The summed E-state index contributed by atoms with van der Waals surface area (Å²) in [6.07, 6.45) is 1.03. The largest absolute Gasteiger partial charge is 0.379 e. The summed E-state index contributed by atoms with van der Waals surface area (Å²) in [4.78, 5) is 14.6. The lowest BCUT2D eigenvalue weighted by Crippen LogP contribution is -2.45. The van der Waals surface area contributed by atoms with Crippen LogP contribution in [0.2, 0.25) is 0 Å². The van der Waals surface area contributed by atoms with Gasteiger partial charge in [0.1, 0.15) is 11.9 Å². The topological polar surface area (TPSA) is 76.8 Å². The Labute approximate surface area is 147 Å². The van der Waals surface area contributed by atoms with E-state index in [1.807, 2.05) is 6.07 Å². The molecule has 1 aromatic rings. The number of rotatable bonds is 6. The van der Waals surface area contributed by atoms with Crippen molar-refractivity contribution in [1.29, 1.82) is 0 Å². The highest BCUT2D eigenvalue weighted by atomic mass is 19.1. The van der Waals surface area contributed by atoms with Crippen LogP contribution in [0.1, 0.15) is 24.4 Å². The van der Waals surface area contributed by atoms with E-state index in [1.54, 1.807) is 6.07 Å². The number of carbonyl (C=O) groups is 1. The molecule has 2 saturated heterocycles. The number of nitrogens with two attached hydrogens (primary N) is 1. The predicted octanol–water partition coefficient (Wildman–Crippen LogP) is 0.821. The fourth-order valence-corrected chi connectivity index (χ4v) is 3.44. The van der Waals surface area contributed by atoms with Crippen molar-refractivity contribution in [2.75, 3.05) is 39.4 Å². The van der Waals surface area contributed by atoms with Gasteiger partial charge in [0, 0.05) is 26.2 Å². The highest BCUT2D eigenvalue weighted by Crippen LogP contribution is 2.23. The smallest absolute Gasteiger partial charge is 0.249 e. The third kappa shape index (κ3) is 4.76. The van der Waals surface area contributed by atoms with E-state index in [0.717, 1.165) is 25.1 Å². The normalized spacial score (nSPS) is 25.7. The molecule has 0 aromatic heterocycles. The molecule has 0 bridgehead atoms. The lowest BCUT2D eigenvalue weighted by atomic mass is 10.0. The lowest BCUT2D eigenvalue weighted by molar-refractivity contribution is -0.132. The zero-order valence-corrected chi connectivity index (χ0v) is 14.3. The molecule has 2 fully saturated rings. The summed E-state index contributed by atoms with van der Waals surface area (Å²) in [7, 11) is 0. The molecule has 2 aliphatic heterocycles. The molecule has 6 nitrogen and oxygen atoms in total. The summed E-state index contributed by atoms with van der Waals surface area (Å²) in [6.45, 7) is 3.64. The molecule has 3 atom stereocenters. The van der Waals surface area contributed by atoms with E-state index in [2.05, 4.69) is 10.2 Å². The van der Waals surface area contributed by atoms with Gasteiger partial charge in [-0.05, 0) is 30.5 Å². The second-order valence-electron chi connectivity index (χ2n) is 6.52. The second kappa shape index (κ2) is 8.71. The van der Waals surface area contributed by atoms with Crippen molar-refractivity contribution in [2.45, 2.75) is 31.1 Å². The minimum Gasteiger partial charge on any atom is -0.379 e. The molecule has 3 rings (SSSR count). The van der Waals surface area contributed by atoms with Crippen LogP contribution in [0.3, 0.4) is 0 Å². The first-order valence-electron chi connectivity index (χ1n) is 8.88. The Bertz CT molecular complexity index is 580. The molecule has 1 aromatic carbocycles. The average molecular weight is 351 g/mol. The molecule has 0 spiro atoms. The summed E-state index contributed by atoms with van der Waals surface area (Å²) in [5.74, 6) is -0.391. The molecule has 1 amide bonds. The van der Waals surface area contributed by atoms with Crippen molar-refractivity contribution in [2.24, 2.45) is 5.73 Å². The van der Waals surface area contributed by atoms with Gasteiger partial charge in [0.15, 0.2) is 0 Å². The number of hydrogen-bond acceptors (Lipinski definition) is 5. The Morgan fingerprint density at radius 1 is 1.36 bits per heavy atom. The first-order valence-corrected chi connectivity index (χ1v) is 8.88. The number of amides is 1. The van der Waals surface area contributed by atoms with Gasteiger partial charge in [-0.2, -0.15) is 0 Å². The molecule has 25 heavy (non-hydrogen) atoms. The standard InChI is InChI=1S/C18H26FN3O3/c19-14-3-1-2-13(10-14)16(22-6-8-24-9-7-22)12-21-18(23)17-5-4-15(11-20)25-17/h1-3,10,15-17H,4-9,11-12,20H2,(H,21,23)/t15-,16?,17+/m1/s1. The zero-order valence-electron chi connectivity index (χ0n) is 14.3. The zero-order chi connectivity index (χ0) is 17.6. The fraction of sp³-hybridized carbons (Fsp3) is 0.611. The maximum absolute atomic E-state index is 13.7. The van der Waals surface area contributed by atoms with E-state index in [4.69, 9.17) is 15.2 Å². The first-order chi connectivity index (χ1) is 12.2. The Morgan fingerprint density at radius 2 is 2.16 bits per heavy atom. The van der Waals surface area contributed by atoms with E-state index >= 15 is 0 Å². The van der Waals surface area contributed by atoms with Gasteiger partial charge in [0.25, 0.3) is 0 Å². The van der Waals surface area contributed by atoms with Crippen molar-refractivity contribution >= 4 is 5.91 Å². The van der Waals surface area contributed by atoms with E-state index < -0.39 is 6.10 Å². The number of benzene rings is 1. The van der Waals surface area contributed by atoms with Crippen LogP contribution in [-0.4, -0.2) is 62.4 Å². The van der Waals surface area contributed by atoms with Crippen LogP contribution in [0.25, 0.3) is 0 Å². The van der Waals surface area contributed by atoms with Crippen LogP contribution in [0, 0.1) is 5.82 Å². The van der Waals surface area contributed by atoms with Crippen LogP contribution < -0.4 is 11.1 Å². The summed E-state index contributed by atoms with van der Waals surface area (Å²) < 4.78 is 24.7. The van der Waals surface area contributed by atoms with Gasteiger partial charge in [-0.1, -0.05) is 12.1 Å². The van der Waals surface area contributed by atoms with Crippen LogP contribution in [-0.2, 0) is 14.3 Å². The first kappa shape index (κ1) is 18.3.